The van der Waals surface area contributed by atoms with Crippen LogP contribution in [0.3, 0.4) is 0 Å². The molecular formula is C15H24N4O7S. The highest BCUT2D eigenvalue weighted by Gasteiger charge is 2.35. The Morgan fingerprint density at radius 3 is 2.44 bits per heavy atom. The quantitative estimate of drug-likeness (QED) is 0.222. The maximum absolute atomic E-state index is 12.3. The molecule has 3 atom stereocenters. The minimum atomic E-state index is -1.23. The number of nitrogens with zero attached hydrogens (tertiary/aromatic N) is 1. The fourth-order valence-corrected chi connectivity index (χ4v) is 2.84. The van der Waals surface area contributed by atoms with E-state index in [4.69, 9.17) is 15.9 Å². The Labute approximate surface area is 161 Å². The molecule has 0 aliphatic carbocycles. The predicted octanol–water partition coefficient (Wildman–Crippen LogP) is -2.22. The van der Waals surface area contributed by atoms with Gasteiger partial charge in [0.25, 0.3) is 0 Å². The summed E-state index contributed by atoms with van der Waals surface area (Å²) >= 11 is 3.87. The SMILES string of the molecule is NC(CCC(=O)O)C(=O)NCC(=O)N1CCCC1C(=O)NC(CS)C(=O)O. The van der Waals surface area contributed by atoms with Crippen molar-refractivity contribution in [2.45, 2.75) is 43.8 Å². The van der Waals surface area contributed by atoms with Gasteiger partial charge in [0.15, 0.2) is 0 Å². The van der Waals surface area contributed by atoms with Gasteiger partial charge in [-0.25, -0.2) is 4.79 Å². The molecule has 11 nitrogen and oxygen atoms in total. The molecule has 0 aromatic heterocycles. The molecule has 12 heteroatoms. The van der Waals surface area contributed by atoms with E-state index in [1.54, 1.807) is 0 Å². The van der Waals surface area contributed by atoms with Crippen LogP contribution in [0.2, 0.25) is 0 Å². The van der Waals surface area contributed by atoms with E-state index in [9.17, 15) is 24.0 Å². The molecule has 1 fully saturated rings. The molecule has 1 heterocycles. The number of carboxylic acid groups (broad SMARTS) is 2. The van der Waals surface area contributed by atoms with Gasteiger partial charge in [0, 0.05) is 18.7 Å². The smallest absolute Gasteiger partial charge is 0.327 e. The number of likely N-dealkylation sites (tertiary alicyclic amines) is 1. The lowest BCUT2D eigenvalue weighted by Gasteiger charge is -2.25. The first kappa shape index (κ1) is 22.7. The Morgan fingerprint density at radius 2 is 1.89 bits per heavy atom. The van der Waals surface area contributed by atoms with E-state index < -0.39 is 54.3 Å². The van der Waals surface area contributed by atoms with Crippen molar-refractivity contribution in [2.75, 3.05) is 18.8 Å². The summed E-state index contributed by atoms with van der Waals surface area (Å²) < 4.78 is 0. The minimum Gasteiger partial charge on any atom is -0.481 e. The maximum Gasteiger partial charge on any atom is 0.327 e. The second kappa shape index (κ2) is 10.7. The van der Waals surface area contributed by atoms with Crippen molar-refractivity contribution in [3.8, 4) is 0 Å². The van der Waals surface area contributed by atoms with E-state index in [0.717, 1.165) is 0 Å². The molecule has 1 aliphatic heterocycles. The Morgan fingerprint density at radius 1 is 1.22 bits per heavy atom. The number of hydrogen-bond donors (Lipinski definition) is 6. The second-order valence-electron chi connectivity index (χ2n) is 6.08. The van der Waals surface area contributed by atoms with Gasteiger partial charge >= 0.3 is 11.9 Å². The monoisotopic (exact) mass is 404 g/mol. The van der Waals surface area contributed by atoms with Crippen molar-refractivity contribution in [1.29, 1.82) is 0 Å². The standard InChI is InChI=1S/C15H24N4O7S/c16-8(3-4-12(21)22)13(23)17-6-11(20)19-5-1-2-10(19)14(24)18-9(7-27)15(25)26/h8-10,27H,1-7,16H2,(H,17,23)(H,18,24)(H,21,22)(H,25,26). The first-order valence-electron chi connectivity index (χ1n) is 8.36. The zero-order valence-corrected chi connectivity index (χ0v) is 15.5. The average molecular weight is 404 g/mol. The minimum absolute atomic E-state index is 0.0651. The summed E-state index contributed by atoms with van der Waals surface area (Å²) in [5.41, 5.74) is 5.55. The molecule has 1 aliphatic rings. The number of thiol groups is 1. The number of rotatable bonds is 10. The molecule has 0 bridgehead atoms. The van der Waals surface area contributed by atoms with Gasteiger partial charge in [0.1, 0.15) is 12.1 Å². The maximum atomic E-state index is 12.3. The molecule has 3 unspecified atom stereocenters. The third kappa shape index (κ3) is 7.06. The van der Waals surface area contributed by atoms with E-state index in [0.29, 0.717) is 19.4 Å². The molecule has 0 aromatic carbocycles. The number of carbonyl (C=O) groups excluding carboxylic acids is 3. The summed E-state index contributed by atoms with van der Waals surface area (Å²) in [4.78, 5) is 59.1. The summed E-state index contributed by atoms with van der Waals surface area (Å²) in [5.74, 6) is -4.16. The lowest BCUT2D eigenvalue weighted by Crippen LogP contribution is -2.53. The summed E-state index contributed by atoms with van der Waals surface area (Å²) in [5, 5.41) is 22.2. The normalized spacial score (nSPS) is 18.4. The summed E-state index contributed by atoms with van der Waals surface area (Å²) in [7, 11) is 0. The van der Waals surface area contributed by atoms with E-state index in [2.05, 4.69) is 23.3 Å². The van der Waals surface area contributed by atoms with Crippen LogP contribution in [0.15, 0.2) is 0 Å². The van der Waals surface area contributed by atoms with E-state index in [-0.39, 0.29) is 18.6 Å². The van der Waals surface area contributed by atoms with Crippen LogP contribution in [-0.4, -0.2) is 81.7 Å². The Hall–Kier alpha value is -2.34. The molecule has 1 rings (SSSR count). The van der Waals surface area contributed by atoms with Crippen molar-refractivity contribution in [3.05, 3.63) is 0 Å². The van der Waals surface area contributed by atoms with Crippen LogP contribution in [0.1, 0.15) is 25.7 Å². The highest BCUT2D eigenvalue weighted by molar-refractivity contribution is 7.80. The lowest BCUT2D eigenvalue weighted by molar-refractivity contribution is -0.143. The Balaban J connectivity index is 2.55. The van der Waals surface area contributed by atoms with Crippen LogP contribution in [0.25, 0.3) is 0 Å². The molecule has 0 radical (unpaired) electrons. The van der Waals surface area contributed by atoms with Gasteiger partial charge in [-0.2, -0.15) is 12.6 Å². The first-order chi connectivity index (χ1) is 12.7. The molecular weight excluding hydrogens is 380 g/mol. The van der Waals surface area contributed by atoms with Gasteiger partial charge in [-0.15, -0.1) is 0 Å². The van der Waals surface area contributed by atoms with Gasteiger partial charge in [0.2, 0.25) is 17.7 Å². The van der Waals surface area contributed by atoms with Gasteiger partial charge in [0.05, 0.1) is 12.6 Å². The molecule has 0 spiro atoms. The Bertz CT molecular complexity index is 601. The molecule has 1 saturated heterocycles. The van der Waals surface area contributed by atoms with Crippen molar-refractivity contribution in [3.63, 3.8) is 0 Å². The summed E-state index contributed by atoms with van der Waals surface area (Å²) in [6, 6.07) is -3.04. The number of carbonyl (C=O) groups is 5. The van der Waals surface area contributed by atoms with Gasteiger partial charge in [-0.1, -0.05) is 0 Å². The van der Waals surface area contributed by atoms with E-state index >= 15 is 0 Å². The van der Waals surface area contributed by atoms with Crippen molar-refractivity contribution in [1.82, 2.24) is 15.5 Å². The number of aliphatic carboxylic acids is 2. The van der Waals surface area contributed by atoms with Crippen LogP contribution in [0.4, 0.5) is 0 Å². The number of carboxylic acids is 2. The fourth-order valence-electron chi connectivity index (χ4n) is 2.60. The van der Waals surface area contributed by atoms with Gasteiger partial charge in [-0.05, 0) is 19.3 Å². The zero-order chi connectivity index (χ0) is 20.6. The first-order valence-corrected chi connectivity index (χ1v) is 8.99. The van der Waals surface area contributed by atoms with Crippen LogP contribution in [0.5, 0.6) is 0 Å². The third-order valence-corrected chi connectivity index (χ3v) is 4.46. The molecule has 6 N–H and O–H groups in total. The topological polar surface area (TPSA) is 179 Å². The highest BCUT2D eigenvalue weighted by Crippen LogP contribution is 2.17. The van der Waals surface area contributed by atoms with Crippen molar-refractivity contribution >= 4 is 42.3 Å². The van der Waals surface area contributed by atoms with Gasteiger partial charge in [-0.3, -0.25) is 19.2 Å². The van der Waals surface area contributed by atoms with E-state index in [1.165, 1.54) is 4.90 Å². The molecule has 27 heavy (non-hydrogen) atoms. The number of hydrogen-bond acceptors (Lipinski definition) is 7. The fraction of sp³-hybridized carbons (Fsp3) is 0.667. The van der Waals surface area contributed by atoms with Crippen molar-refractivity contribution < 1.29 is 34.2 Å². The van der Waals surface area contributed by atoms with Crippen molar-refractivity contribution in [2.24, 2.45) is 5.73 Å². The second-order valence-corrected chi connectivity index (χ2v) is 6.45. The Kier molecular flexibility index (Phi) is 9.02. The number of nitrogens with two attached hydrogens (primary N) is 1. The van der Waals surface area contributed by atoms with Crippen LogP contribution >= 0.6 is 12.6 Å². The van der Waals surface area contributed by atoms with Crippen LogP contribution in [0, 0.1) is 0 Å². The molecule has 0 aromatic rings. The number of nitrogens with one attached hydrogen (secondary N) is 2. The van der Waals surface area contributed by atoms with E-state index in [1.807, 2.05) is 0 Å². The summed E-state index contributed by atoms with van der Waals surface area (Å²) in [6.07, 6.45) is 0.605. The third-order valence-electron chi connectivity index (χ3n) is 4.09. The zero-order valence-electron chi connectivity index (χ0n) is 14.6. The molecule has 3 amide bonds. The average Bonchev–Trinajstić information content (AvgIpc) is 3.11. The van der Waals surface area contributed by atoms with Crippen LogP contribution in [-0.2, 0) is 24.0 Å². The number of amides is 3. The summed E-state index contributed by atoms with van der Waals surface area (Å²) in [6.45, 7) is -0.0885. The predicted molar refractivity (Wildman–Crippen MR) is 96.0 cm³/mol. The van der Waals surface area contributed by atoms with Gasteiger partial charge < -0.3 is 31.5 Å². The largest absolute Gasteiger partial charge is 0.481 e. The lowest BCUT2D eigenvalue weighted by atomic mass is 10.1. The molecule has 152 valence electrons. The molecule has 0 saturated carbocycles. The highest BCUT2D eigenvalue weighted by atomic mass is 32.1. The van der Waals surface area contributed by atoms with Crippen LogP contribution < -0.4 is 16.4 Å².